The topological polar surface area (TPSA) is 8.81 Å². The first-order valence-corrected chi connectivity index (χ1v) is 6.91. The van der Waals surface area contributed by atoms with Crippen molar-refractivity contribution in [1.29, 1.82) is 0 Å². The van der Waals surface area contributed by atoms with E-state index in [0.29, 0.717) is 0 Å². The summed E-state index contributed by atoms with van der Waals surface area (Å²) >= 11 is 6.86. The minimum absolute atomic E-state index is 0.877. The van der Waals surface area contributed by atoms with Gasteiger partial charge in [-0.3, -0.25) is 0 Å². The number of para-hydroxylation sites is 2. The van der Waals surface area contributed by atoms with Crippen molar-refractivity contribution in [2.45, 2.75) is 13.8 Å². The fraction of sp³-hybridized carbons (Fsp3) is 0.333. The lowest BCUT2D eigenvalue weighted by Gasteiger charge is -1.92. The van der Waals surface area contributed by atoms with Crippen molar-refractivity contribution in [1.82, 2.24) is 4.57 Å². The van der Waals surface area contributed by atoms with Crippen LogP contribution < -0.4 is 4.57 Å². The van der Waals surface area contributed by atoms with Crippen LogP contribution in [-0.2, 0) is 7.05 Å². The fourth-order valence-corrected chi connectivity index (χ4v) is 2.00. The summed E-state index contributed by atoms with van der Waals surface area (Å²) in [7, 11) is 2.03. The highest BCUT2D eigenvalue weighted by atomic mass is 32.2. The van der Waals surface area contributed by atoms with Gasteiger partial charge in [0.15, 0.2) is 11.0 Å². The third-order valence-corrected chi connectivity index (χ3v) is 3.42. The second kappa shape index (κ2) is 6.01. The van der Waals surface area contributed by atoms with Gasteiger partial charge >= 0.3 is 0 Å². The Morgan fingerprint density at radius 3 is 2.56 bits per heavy atom. The van der Waals surface area contributed by atoms with Crippen molar-refractivity contribution in [3.8, 4) is 0 Å². The van der Waals surface area contributed by atoms with E-state index in [4.69, 9.17) is 12.2 Å². The molecule has 0 amide bonds. The molecule has 0 saturated carbocycles. The van der Waals surface area contributed by atoms with Gasteiger partial charge in [0.1, 0.15) is 0 Å². The van der Waals surface area contributed by atoms with Crippen LogP contribution in [-0.4, -0.2) is 15.1 Å². The molecule has 0 aliphatic carbocycles. The normalized spacial score (nSPS) is 9.75. The van der Waals surface area contributed by atoms with Gasteiger partial charge in [-0.15, -0.1) is 0 Å². The zero-order chi connectivity index (χ0) is 12.1. The molecule has 1 aromatic heterocycles. The SMILES string of the molecule is CC.CSC(=S)n1c[n+](C)c2ccccc21. The highest BCUT2D eigenvalue weighted by Crippen LogP contribution is 2.13. The number of hydrogen-bond donors (Lipinski definition) is 0. The molecule has 0 fully saturated rings. The molecule has 0 bridgehead atoms. The summed E-state index contributed by atoms with van der Waals surface area (Å²) in [5.41, 5.74) is 2.36. The molecule has 16 heavy (non-hydrogen) atoms. The molecule has 0 aliphatic rings. The Labute approximate surface area is 106 Å². The standard InChI is InChI=1S/C10H11N2S2.C2H6/c1-11-7-12(10(13)14-2)9-6-4-3-5-8(9)11;1-2/h3-7H,1-2H3;1-2H3/q+1;. The average molecular weight is 253 g/mol. The molecule has 2 rings (SSSR count). The van der Waals surface area contributed by atoms with Crippen molar-refractivity contribution in [2.24, 2.45) is 7.05 Å². The first kappa shape index (κ1) is 13.2. The first-order valence-electron chi connectivity index (χ1n) is 5.28. The molecule has 0 atom stereocenters. The summed E-state index contributed by atoms with van der Waals surface area (Å²) in [5.74, 6) is 0. The molecule has 0 spiro atoms. The number of aromatic nitrogens is 2. The van der Waals surface area contributed by atoms with Gasteiger partial charge in [0.2, 0.25) is 4.32 Å². The molecule has 1 aromatic carbocycles. The van der Waals surface area contributed by atoms with E-state index >= 15 is 0 Å². The molecule has 1 heterocycles. The Kier molecular flexibility index (Phi) is 4.96. The van der Waals surface area contributed by atoms with Gasteiger partial charge in [-0.05, 0) is 30.6 Å². The number of thioether (sulfide) groups is 1. The molecular weight excluding hydrogens is 236 g/mol. The van der Waals surface area contributed by atoms with Crippen molar-refractivity contribution in [3.05, 3.63) is 30.6 Å². The Balaban J connectivity index is 0.000000606. The van der Waals surface area contributed by atoms with Crippen molar-refractivity contribution in [3.63, 3.8) is 0 Å². The van der Waals surface area contributed by atoms with Gasteiger partial charge in [-0.1, -0.05) is 37.7 Å². The summed E-state index contributed by atoms with van der Waals surface area (Å²) in [6.07, 6.45) is 4.01. The minimum Gasteiger partial charge on any atom is -0.232 e. The van der Waals surface area contributed by atoms with Gasteiger partial charge in [-0.2, -0.15) is 4.57 Å². The third kappa shape index (κ3) is 2.44. The van der Waals surface area contributed by atoms with Gasteiger partial charge in [0, 0.05) is 0 Å². The maximum atomic E-state index is 5.28. The lowest BCUT2D eigenvalue weighted by Crippen LogP contribution is -2.25. The molecule has 0 aliphatic heterocycles. The summed E-state index contributed by atoms with van der Waals surface area (Å²) in [4.78, 5) is 0. The molecule has 2 nitrogen and oxygen atoms in total. The second-order valence-electron chi connectivity index (χ2n) is 3.06. The van der Waals surface area contributed by atoms with Crippen LogP contribution in [0.4, 0.5) is 0 Å². The fourth-order valence-electron chi connectivity index (χ4n) is 1.51. The molecule has 86 valence electrons. The Morgan fingerprint density at radius 1 is 1.31 bits per heavy atom. The highest BCUT2D eigenvalue weighted by Gasteiger charge is 2.15. The molecule has 0 unspecified atom stereocenters. The van der Waals surface area contributed by atoms with Gasteiger partial charge in [0.25, 0.3) is 6.33 Å². The van der Waals surface area contributed by atoms with Gasteiger partial charge in [0.05, 0.1) is 7.05 Å². The van der Waals surface area contributed by atoms with E-state index < -0.39 is 0 Å². The molecule has 0 radical (unpaired) electrons. The minimum atomic E-state index is 0.877. The predicted molar refractivity (Wildman–Crippen MR) is 76.0 cm³/mol. The van der Waals surface area contributed by atoms with E-state index in [9.17, 15) is 0 Å². The lowest BCUT2D eigenvalue weighted by molar-refractivity contribution is -0.645. The molecule has 0 N–H and O–H groups in total. The maximum absolute atomic E-state index is 5.28. The van der Waals surface area contributed by atoms with Crippen LogP contribution in [0, 0.1) is 0 Å². The number of imidazole rings is 1. The van der Waals surface area contributed by atoms with Crippen molar-refractivity contribution < 1.29 is 4.57 Å². The largest absolute Gasteiger partial charge is 0.250 e. The van der Waals surface area contributed by atoms with Crippen LogP contribution >= 0.6 is 24.0 Å². The summed E-state index contributed by atoms with van der Waals surface area (Å²) in [6, 6.07) is 8.24. The van der Waals surface area contributed by atoms with Gasteiger partial charge in [-0.25, -0.2) is 4.57 Å². The van der Waals surface area contributed by atoms with Crippen LogP contribution in [0.3, 0.4) is 0 Å². The number of hydrogen-bond acceptors (Lipinski definition) is 2. The van der Waals surface area contributed by atoms with E-state index in [1.54, 1.807) is 11.8 Å². The first-order chi connectivity index (χ1) is 7.74. The summed E-state index contributed by atoms with van der Waals surface area (Å²) < 4.78 is 4.99. The quantitative estimate of drug-likeness (QED) is 0.527. The number of thiocarbonyl (C=S) groups is 1. The van der Waals surface area contributed by atoms with Crippen LogP contribution in [0.25, 0.3) is 11.0 Å². The maximum Gasteiger partial charge on any atom is 0.250 e. The number of aryl methyl sites for hydroxylation is 1. The van der Waals surface area contributed by atoms with E-state index in [0.717, 1.165) is 9.84 Å². The molecule has 2 aromatic rings. The third-order valence-electron chi connectivity index (χ3n) is 2.18. The monoisotopic (exact) mass is 253 g/mol. The van der Waals surface area contributed by atoms with Crippen LogP contribution in [0.5, 0.6) is 0 Å². The average Bonchev–Trinajstić information content (AvgIpc) is 2.69. The number of nitrogens with zero attached hydrogens (tertiary/aromatic N) is 2. The Morgan fingerprint density at radius 2 is 1.94 bits per heavy atom. The number of fused-ring (bicyclic) bond motifs is 1. The molecule has 4 heteroatoms. The van der Waals surface area contributed by atoms with Crippen LogP contribution in [0.15, 0.2) is 30.6 Å². The van der Waals surface area contributed by atoms with E-state index in [1.165, 1.54) is 5.52 Å². The van der Waals surface area contributed by atoms with Crippen LogP contribution in [0.2, 0.25) is 0 Å². The Bertz CT molecular complexity index is 489. The highest BCUT2D eigenvalue weighted by molar-refractivity contribution is 8.22. The summed E-state index contributed by atoms with van der Waals surface area (Å²) in [5, 5.41) is 0. The molecule has 0 saturated heterocycles. The van der Waals surface area contributed by atoms with E-state index in [2.05, 4.69) is 16.7 Å². The number of benzene rings is 1. The van der Waals surface area contributed by atoms with E-state index in [1.807, 2.05) is 50.2 Å². The zero-order valence-corrected chi connectivity index (χ0v) is 11.7. The molecular formula is C12H17N2S2+. The van der Waals surface area contributed by atoms with Crippen molar-refractivity contribution >= 4 is 39.3 Å². The lowest BCUT2D eigenvalue weighted by atomic mass is 10.3. The Hall–Kier alpha value is -0.870. The van der Waals surface area contributed by atoms with Crippen LogP contribution in [0.1, 0.15) is 13.8 Å². The summed E-state index contributed by atoms with van der Waals surface area (Å²) in [6.45, 7) is 4.00. The number of rotatable bonds is 0. The zero-order valence-electron chi connectivity index (χ0n) is 10.1. The van der Waals surface area contributed by atoms with Crippen molar-refractivity contribution in [2.75, 3.05) is 6.26 Å². The second-order valence-corrected chi connectivity index (χ2v) is 4.50. The smallest absolute Gasteiger partial charge is 0.232 e. The van der Waals surface area contributed by atoms with E-state index in [-0.39, 0.29) is 0 Å². The van der Waals surface area contributed by atoms with Gasteiger partial charge < -0.3 is 0 Å². The predicted octanol–water partition coefficient (Wildman–Crippen LogP) is 2.99.